The number of carbonyl (C=O) groups is 2. The Bertz CT molecular complexity index is 1040. The minimum atomic E-state index is -0.117. The molecule has 0 saturated carbocycles. The van der Waals surface area contributed by atoms with E-state index in [9.17, 15) is 9.59 Å². The molecule has 0 aliphatic heterocycles. The van der Waals surface area contributed by atoms with Gasteiger partial charge in [0.25, 0.3) is 0 Å². The first-order valence-corrected chi connectivity index (χ1v) is 10.8. The highest BCUT2D eigenvalue weighted by atomic mass is 16.5. The Morgan fingerprint density at radius 1 is 0.903 bits per heavy atom. The SMILES string of the molecule is O=C(CCC(=O)c1ccc2c(c1)CCC2)NCc1cccc(COCc2ccco2)c1. The average molecular weight is 418 g/mol. The number of ether oxygens (including phenoxy) is 1. The molecular weight excluding hydrogens is 390 g/mol. The molecule has 1 aromatic heterocycles. The van der Waals surface area contributed by atoms with Gasteiger partial charge in [0, 0.05) is 24.9 Å². The van der Waals surface area contributed by atoms with Crippen molar-refractivity contribution in [3.63, 3.8) is 0 Å². The summed E-state index contributed by atoms with van der Waals surface area (Å²) in [7, 11) is 0. The van der Waals surface area contributed by atoms with E-state index in [0.29, 0.717) is 19.8 Å². The normalized spacial score (nSPS) is 12.5. The van der Waals surface area contributed by atoms with E-state index >= 15 is 0 Å². The molecule has 1 amide bonds. The number of nitrogens with one attached hydrogen (secondary N) is 1. The van der Waals surface area contributed by atoms with Crippen molar-refractivity contribution in [2.24, 2.45) is 0 Å². The number of hydrogen-bond donors (Lipinski definition) is 1. The fourth-order valence-corrected chi connectivity index (χ4v) is 3.90. The molecule has 0 bridgehead atoms. The van der Waals surface area contributed by atoms with Crippen LogP contribution in [0.2, 0.25) is 0 Å². The molecule has 1 aliphatic rings. The van der Waals surface area contributed by atoms with Gasteiger partial charge in [0.15, 0.2) is 5.78 Å². The molecule has 2 aromatic carbocycles. The zero-order valence-electron chi connectivity index (χ0n) is 17.6. The van der Waals surface area contributed by atoms with E-state index in [1.807, 2.05) is 48.5 Å². The van der Waals surface area contributed by atoms with Crippen LogP contribution in [0.5, 0.6) is 0 Å². The van der Waals surface area contributed by atoms with Gasteiger partial charge in [0.05, 0.1) is 12.9 Å². The largest absolute Gasteiger partial charge is 0.467 e. The number of ketones is 1. The standard InChI is InChI=1S/C26H27NO4/c28-25(23-10-9-21-6-2-7-22(21)15-23)11-12-26(29)27-16-19-4-1-5-20(14-19)17-30-18-24-8-3-13-31-24/h1,3-5,8-10,13-15H,2,6-7,11-12,16-18H2,(H,27,29). The van der Waals surface area contributed by atoms with Crippen molar-refractivity contribution in [3.05, 3.63) is 94.4 Å². The Balaban J connectivity index is 1.20. The third kappa shape index (κ3) is 5.92. The topological polar surface area (TPSA) is 68.5 Å². The average Bonchev–Trinajstić information content (AvgIpc) is 3.47. The van der Waals surface area contributed by atoms with Gasteiger partial charge in [0.2, 0.25) is 5.91 Å². The van der Waals surface area contributed by atoms with E-state index in [-0.39, 0.29) is 24.5 Å². The van der Waals surface area contributed by atoms with E-state index in [1.165, 1.54) is 11.1 Å². The summed E-state index contributed by atoms with van der Waals surface area (Å²) in [5, 5.41) is 2.91. The molecule has 160 valence electrons. The predicted molar refractivity (Wildman–Crippen MR) is 118 cm³/mol. The third-order valence-corrected chi connectivity index (χ3v) is 5.57. The summed E-state index contributed by atoms with van der Waals surface area (Å²) >= 11 is 0. The Hall–Kier alpha value is -3.18. The molecule has 31 heavy (non-hydrogen) atoms. The van der Waals surface area contributed by atoms with E-state index in [1.54, 1.807) is 6.26 Å². The molecule has 5 nitrogen and oxygen atoms in total. The van der Waals surface area contributed by atoms with Crippen LogP contribution in [0.15, 0.2) is 65.3 Å². The molecule has 0 unspecified atom stereocenters. The van der Waals surface area contributed by atoms with E-state index in [0.717, 1.165) is 41.7 Å². The van der Waals surface area contributed by atoms with Gasteiger partial charge in [-0.1, -0.05) is 36.4 Å². The summed E-state index contributed by atoms with van der Waals surface area (Å²) in [6.07, 6.45) is 5.36. The summed E-state index contributed by atoms with van der Waals surface area (Å²) < 4.78 is 10.9. The molecule has 3 aromatic rings. The van der Waals surface area contributed by atoms with Crippen LogP contribution in [0.1, 0.15) is 57.6 Å². The summed E-state index contributed by atoms with van der Waals surface area (Å²) in [6, 6.07) is 17.6. The number of amides is 1. The Labute approximate surface area is 182 Å². The Morgan fingerprint density at radius 2 is 1.77 bits per heavy atom. The lowest BCUT2D eigenvalue weighted by Gasteiger charge is -2.08. The predicted octanol–water partition coefficient (Wildman–Crippen LogP) is 4.76. The van der Waals surface area contributed by atoms with Gasteiger partial charge >= 0.3 is 0 Å². The zero-order chi connectivity index (χ0) is 21.5. The number of rotatable bonds is 10. The molecule has 0 saturated heterocycles. The number of Topliss-reactive ketones (excluding diaryl/α,β-unsaturated/α-hetero) is 1. The monoisotopic (exact) mass is 417 g/mol. The lowest BCUT2D eigenvalue weighted by molar-refractivity contribution is -0.121. The second-order valence-electron chi connectivity index (χ2n) is 7.93. The van der Waals surface area contributed by atoms with Gasteiger partial charge in [0.1, 0.15) is 12.4 Å². The van der Waals surface area contributed by atoms with Crippen molar-refractivity contribution in [1.29, 1.82) is 0 Å². The quantitative estimate of drug-likeness (QED) is 0.483. The number of carbonyl (C=O) groups excluding carboxylic acids is 2. The van der Waals surface area contributed by atoms with Gasteiger partial charge in [-0.15, -0.1) is 0 Å². The Kier molecular flexibility index (Phi) is 6.95. The van der Waals surface area contributed by atoms with Crippen LogP contribution in [0.4, 0.5) is 0 Å². The molecule has 0 radical (unpaired) electrons. The summed E-state index contributed by atoms with van der Waals surface area (Å²) in [4.78, 5) is 24.7. The maximum absolute atomic E-state index is 12.5. The molecule has 5 heteroatoms. The molecular formula is C26H27NO4. The maximum atomic E-state index is 12.5. The van der Waals surface area contributed by atoms with Crippen LogP contribution >= 0.6 is 0 Å². The highest BCUT2D eigenvalue weighted by Crippen LogP contribution is 2.23. The molecule has 0 spiro atoms. The fraction of sp³-hybridized carbons (Fsp3) is 0.308. The van der Waals surface area contributed by atoms with Crippen LogP contribution in [0.3, 0.4) is 0 Å². The number of hydrogen-bond acceptors (Lipinski definition) is 4. The zero-order valence-corrected chi connectivity index (χ0v) is 17.6. The summed E-state index contributed by atoms with van der Waals surface area (Å²) in [5.41, 5.74) is 5.38. The van der Waals surface area contributed by atoms with Crippen LogP contribution in [0.25, 0.3) is 0 Å². The van der Waals surface area contributed by atoms with Crippen molar-refractivity contribution in [3.8, 4) is 0 Å². The summed E-state index contributed by atoms with van der Waals surface area (Å²) in [5.74, 6) is 0.701. The van der Waals surface area contributed by atoms with Crippen molar-refractivity contribution >= 4 is 11.7 Å². The lowest BCUT2D eigenvalue weighted by Crippen LogP contribution is -2.23. The van der Waals surface area contributed by atoms with Crippen molar-refractivity contribution in [1.82, 2.24) is 5.32 Å². The molecule has 1 N–H and O–H groups in total. The van der Waals surface area contributed by atoms with Gasteiger partial charge in [-0.05, 0) is 59.7 Å². The molecule has 0 fully saturated rings. The van der Waals surface area contributed by atoms with Crippen LogP contribution in [-0.2, 0) is 42.1 Å². The maximum Gasteiger partial charge on any atom is 0.220 e. The molecule has 1 aliphatic carbocycles. The number of fused-ring (bicyclic) bond motifs is 1. The van der Waals surface area contributed by atoms with Gasteiger partial charge in [-0.25, -0.2) is 0 Å². The van der Waals surface area contributed by atoms with Crippen molar-refractivity contribution < 1.29 is 18.7 Å². The molecule has 0 atom stereocenters. The second kappa shape index (κ2) is 10.2. The first-order valence-electron chi connectivity index (χ1n) is 10.8. The van der Waals surface area contributed by atoms with Gasteiger partial charge in [-0.2, -0.15) is 0 Å². The molecule has 4 rings (SSSR count). The van der Waals surface area contributed by atoms with E-state index in [4.69, 9.17) is 9.15 Å². The molecule has 1 heterocycles. The van der Waals surface area contributed by atoms with E-state index < -0.39 is 0 Å². The van der Waals surface area contributed by atoms with Crippen LogP contribution < -0.4 is 5.32 Å². The highest BCUT2D eigenvalue weighted by Gasteiger charge is 2.15. The first-order chi connectivity index (χ1) is 15.2. The second-order valence-corrected chi connectivity index (χ2v) is 7.93. The number of benzene rings is 2. The summed E-state index contributed by atoms with van der Waals surface area (Å²) in [6.45, 7) is 1.32. The van der Waals surface area contributed by atoms with E-state index in [2.05, 4.69) is 11.4 Å². The lowest BCUT2D eigenvalue weighted by atomic mass is 10.0. The van der Waals surface area contributed by atoms with Crippen LogP contribution in [-0.4, -0.2) is 11.7 Å². The Morgan fingerprint density at radius 3 is 2.65 bits per heavy atom. The van der Waals surface area contributed by atoms with Gasteiger partial charge < -0.3 is 14.5 Å². The van der Waals surface area contributed by atoms with Gasteiger partial charge in [-0.3, -0.25) is 9.59 Å². The fourth-order valence-electron chi connectivity index (χ4n) is 3.90. The smallest absolute Gasteiger partial charge is 0.220 e. The van der Waals surface area contributed by atoms with Crippen molar-refractivity contribution in [2.75, 3.05) is 0 Å². The number of aryl methyl sites for hydroxylation is 2. The minimum Gasteiger partial charge on any atom is -0.467 e. The highest BCUT2D eigenvalue weighted by molar-refractivity contribution is 5.98. The number of furan rings is 1. The van der Waals surface area contributed by atoms with Crippen LogP contribution in [0, 0.1) is 0 Å². The van der Waals surface area contributed by atoms with Crippen molar-refractivity contribution in [2.45, 2.75) is 51.9 Å². The minimum absolute atomic E-state index is 0.0283. The third-order valence-electron chi connectivity index (χ3n) is 5.57. The first kappa shape index (κ1) is 21.1.